The van der Waals surface area contributed by atoms with E-state index in [1.165, 1.54) is 18.2 Å². The van der Waals surface area contributed by atoms with Crippen molar-refractivity contribution in [1.82, 2.24) is 0 Å². The molecule has 2 aromatic rings. The number of aliphatic hydroxyl groups excluding tert-OH is 2. The van der Waals surface area contributed by atoms with Crippen LogP contribution in [0.4, 0.5) is 0 Å². The molecule has 0 amide bonds. The third kappa shape index (κ3) is 7.54. The second-order valence-corrected chi connectivity index (χ2v) is 8.38. The van der Waals surface area contributed by atoms with Crippen molar-refractivity contribution in [3.8, 4) is 11.5 Å². The maximum absolute atomic E-state index is 12.3. The lowest BCUT2D eigenvalue weighted by atomic mass is 9.79. The van der Waals surface area contributed by atoms with Gasteiger partial charge in [-0.15, -0.1) is 0 Å². The number of rotatable bonds is 11. The topological polar surface area (TPSA) is 143 Å². The molecule has 1 fully saturated rings. The first-order valence-corrected chi connectivity index (χ1v) is 11.4. The summed E-state index contributed by atoms with van der Waals surface area (Å²) in [6.45, 7) is 0.525. The summed E-state index contributed by atoms with van der Waals surface area (Å²) in [7, 11) is 0. The average Bonchev–Trinajstić information content (AvgIpc) is 2.84. The van der Waals surface area contributed by atoms with Crippen LogP contribution in [-0.4, -0.2) is 69.5 Å². The second kappa shape index (κ2) is 12.3. The average molecular weight is 487 g/mol. The number of aliphatic carboxylic acids is 1. The Kier molecular flexibility index (Phi) is 9.25. The van der Waals surface area contributed by atoms with Gasteiger partial charge in [0, 0.05) is 25.5 Å². The summed E-state index contributed by atoms with van der Waals surface area (Å²) >= 11 is 0. The van der Waals surface area contributed by atoms with Crippen molar-refractivity contribution in [2.75, 3.05) is 13.2 Å². The van der Waals surface area contributed by atoms with E-state index in [9.17, 15) is 30.0 Å². The number of hydrogen-bond acceptors (Lipinski definition) is 8. The van der Waals surface area contributed by atoms with Crippen molar-refractivity contribution < 1.29 is 44.2 Å². The highest BCUT2D eigenvalue weighted by Crippen LogP contribution is 2.35. The number of ether oxygens (including phenoxy) is 3. The molecule has 4 N–H and O–H groups in total. The molecule has 0 radical (unpaired) electrons. The molecule has 0 bridgehead atoms. The van der Waals surface area contributed by atoms with Gasteiger partial charge >= 0.3 is 11.9 Å². The predicted molar refractivity (Wildman–Crippen MR) is 126 cm³/mol. The van der Waals surface area contributed by atoms with E-state index in [1.807, 2.05) is 30.3 Å². The number of hydrogen-bond donors (Lipinski definition) is 4. The predicted octanol–water partition coefficient (Wildman–Crippen LogP) is 2.53. The van der Waals surface area contributed by atoms with Crippen LogP contribution < -0.4 is 4.74 Å². The number of aromatic hydroxyl groups is 1. The van der Waals surface area contributed by atoms with Gasteiger partial charge in [-0.05, 0) is 48.7 Å². The van der Waals surface area contributed by atoms with Crippen molar-refractivity contribution >= 4 is 18.0 Å². The van der Waals surface area contributed by atoms with Crippen LogP contribution in [0.3, 0.4) is 0 Å². The molecular weight excluding hydrogens is 456 g/mol. The molecule has 1 aliphatic carbocycles. The van der Waals surface area contributed by atoms with Gasteiger partial charge in [0.2, 0.25) is 0 Å². The summed E-state index contributed by atoms with van der Waals surface area (Å²) in [6, 6.07) is 15.4. The number of aliphatic hydroxyl groups is 2. The van der Waals surface area contributed by atoms with E-state index in [0.717, 1.165) is 11.8 Å². The number of benzene rings is 2. The summed E-state index contributed by atoms with van der Waals surface area (Å²) < 4.78 is 16.6. The standard InChI is InChI=1S/C26H30O9/c27-19-11-8-18(9-12-19)10-13-23(29)35-22-17-26(25(31)32,16-21(28)24(22)30)34-15-5-4-14-33-20-6-2-1-3-7-20/h1-3,6-13,21-22,24,27-28,30H,4-5,14-17H2,(H,31,32)/b13-10+/t21-,22+,24+,26-/m0/s1. The molecule has 1 aliphatic rings. The molecule has 188 valence electrons. The number of phenolic OH excluding ortho intramolecular Hbond substituents is 1. The minimum absolute atomic E-state index is 0.0813. The summed E-state index contributed by atoms with van der Waals surface area (Å²) in [5.74, 6) is -1.29. The molecule has 0 aromatic heterocycles. The number of carboxylic acid groups (broad SMARTS) is 1. The molecule has 3 rings (SSSR count). The molecule has 2 aromatic carbocycles. The van der Waals surface area contributed by atoms with Gasteiger partial charge in [-0.3, -0.25) is 0 Å². The normalized spacial score (nSPS) is 24.2. The molecule has 0 unspecified atom stereocenters. The molecule has 35 heavy (non-hydrogen) atoms. The largest absolute Gasteiger partial charge is 0.508 e. The number of para-hydroxylation sites is 1. The number of unbranched alkanes of at least 4 members (excludes halogenated alkanes) is 1. The molecule has 9 nitrogen and oxygen atoms in total. The quantitative estimate of drug-likeness (QED) is 0.214. The minimum atomic E-state index is -1.80. The van der Waals surface area contributed by atoms with Gasteiger partial charge in [0.15, 0.2) is 5.60 Å². The van der Waals surface area contributed by atoms with E-state index in [0.29, 0.717) is 25.0 Å². The van der Waals surface area contributed by atoms with Gasteiger partial charge < -0.3 is 34.6 Å². The Bertz CT molecular complexity index is 990. The van der Waals surface area contributed by atoms with Crippen LogP contribution in [0.5, 0.6) is 11.5 Å². The molecule has 9 heteroatoms. The fourth-order valence-corrected chi connectivity index (χ4v) is 3.82. The van der Waals surface area contributed by atoms with Crippen molar-refractivity contribution in [3.63, 3.8) is 0 Å². The van der Waals surface area contributed by atoms with Crippen molar-refractivity contribution in [2.45, 2.75) is 49.6 Å². The van der Waals surface area contributed by atoms with E-state index >= 15 is 0 Å². The Morgan fingerprint density at radius 3 is 2.34 bits per heavy atom. The first kappa shape index (κ1) is 26.2. The Hall–Kier alpha value is -3.40. The lowest BCUT2D eigenvalue weighted by Gasteiger charge is -2.41. The van der Waals surface area contributed by atoms with Crippen LogP contribution in [0.25, 0.3) is 6.08 Å². The number of carboxylic acids is 1. The summed E-state index contributed by atoms with van der Waals surface area (Å²) in [5, 5.41) is 39.8. The second-order valence-electron chi connectivity index (χ2n) is 8.38. The number of esters is 1. The number of carbonyl (C=O) groups is 2. The van der Waals surface area contributed by atoms with Crippen LogP contribution in [0.1, 0.15) is 31.2 Å². The summed E-state index contributed by atoms with van der Waals surface area (Å²) in [5.41, 5.74) is -1.17. The lowest BCUT2D eigenvalue weighted by Crippen LogP contribution is -2.58. The maximum Gasteiger partial charge on any atom is 0.336 e. The molecule has 4 atom stereocenters. The zero-order valence-electron chi connectivity index (χ0n) is 19.2. The van der Waals surface area contributed by atoms with E-state index < -0.39 is 35.9 Å². The fourth-order valence-electron chi connectivity index (χ4n) is 3.82. The zero-order chi connectivity index (χ0) is 25.3. The van der Waals surface area contributed by atoms with E-state index in [2.05, 4.69) is 0 Å². The number of carbonyl (C=O) groups excluding carboxylic acids is 1. The van der Waals surface area contributed by atoms with Crippen molar-refractivity contribution in [1.29, 1.82) is 0 Å². The third-order valence-electron chi connectivity index (χ3n) is 5.74. The molecule has 1 saturated carbocycles. The van der Waals surface area contributed by atoms with Crippen LogP contribution in [0.2, 0.25) is 0 Å². The van der Waals surface area contributed by atoms with Crippen LogP contribution in [-0.2, 0) is 19.1 Å². The Balaban J connectivity index is 1.53. The molecule has 0 spiro atoms. The van der Waals surface area contributed by atoms with Crippen LogP contribution in [0, 0.1) is 0 Å². The first-order chi connectivity index (χ1) is 16.8. The molecule has 0 heterocycles. The third-order valence-corrected chi connectivity index (χ3v) is 5.74. The first-order valence-electron chi connectivity index (χ1n) is 11.4. The van der Waals surface area contributed by atoms with Crippen LogP contribution >= 0.6 is 0 Å². The molecule has 0 aliphatic heterocycles. The summed E-state index contributed by atoms with van der Waals surface area (Å²) in [4.78, 5) is 24.4. The monoisotopic (exact) mass is 486 g/mol. The van der Waals surface area contributed by atoms with Gasteiger partial charge in [0.25, 0.3) is 0 Å². The highest BCUT2D eigenvalue weighted by Gasteiger charge is 2.52. The van der Waals surface area contributed by atoms with E-state index in [4.69, 9.17) is 14.2 Å². The Labute approximate surface area is 203 Å². The maximum atomic E-state index is 12.3. The SMILES string of the molecule is O=C(/C=C/c1ccc(O)cc1)O[C@@H]1C[C@](OCCCCOc2ccccc2)(C(=O)O)C[C@H](O)[C@H]1O. The van der Waals surface area contributed by atoms with Gasteiger partial charge in [-0.1, -0.05) is 30.3 Å². The highest BCUT2D eigenvalue weighted by molar-refractivity contribution is 5.87. The zero-order valence-corrected chi connectivity index (χ0v) is 19.2. The highest BCUT2D eigenvalue weighted by atomic mass is 16.6. The van der Waals surface area contributed by atoms with Gasteiger partial charge in [-0.25, -0.2) is 9.59 Å². The fraction of sp³-hybridized carbons (Fsp3) is 0.385. The Morgan fingerprint density at radius 2 is 1.66 bits per heavy atom. The van der Waals surface area contributed by atoms with Gasteiger partial charge in [-0.2, -0.15) is 0 Å². The lowest BCUT2D eigenvalue weighted by molar-refractivity contribution is -0.207. The van der Waals surface area contributed by atoms with Crippen LogP contribution in [0.15, 0.2) is 60.7 Å². The number of phenols is 1. The molecule has 0 saturated heterocycles. The van der Waals surface area contributed by atoms with Gasteiger partial charge in [0.05, 0.1) is 12.7 Å². The minimum Gasteiger partial charge on any atom is -0.508 e. The van der Waals surface area contributed by atoms with Crippen molar-refractivity contribution in [2.24, 2.45) is 0 Å². The van der Waals surface area contributed by atoms with Gasteiger partial charge in [0.1, 0.15) is 23.7 Å². The Morgan fingerprint density at radius 1 is 0.971 bits per heavy atom. The van der Waals surface area contributed by atoms with E-state index in [-0.39, 0.29) is 25.2 Å². The summed E-state index contributed by atoms with van der Waals surface area (Å²) in [6.07, 6.45) is -1.09. The molecular formula is C26H30O9. The van der Waals surface area contributed by atoms with E-state index in [1.54, 1.807) is 12.1 Å². The van der Waals surface area contributed by atoms with Crippen molar-refractivity contribution in [3.05, 3.63) is 66.2 Å². The smallest absolute Gasteiger partial charge is 0.336 e.